The van der Waals surface area contributed by atoms with Gasteiger partial charge in [0, 0.05) is 0 Å². The molecule has 0 saturated heterocycles. The van der Waals surface area contributed by atoms with Crippen molar-refractivity contribution in [2.45, 2.75) is 13.0 Å². The average Bonchev–Trinajstić information content (AvgIpc) is 2.71. The first kappa shape index (κ1) is 11.7. The molecule has 1 aromatic heterocycles. The number of benzene rings is 1. The van der Waals surface area contributed by atoms with Crippen LogP contribution in [0.15, 0.2) is 24.3 Å². The molecule has 17 heavy (non-hydrogen) atoms. The van der Waals surface area contributed by atoms with E-state index >= 15 is 0 Å². The van der Waals surface area contributed by atoms with Crippen LogP contribution in [0.3, 0.4) is 0 Å². The van der Waals surface area contributed by atoms with Crippen molar-refractivity contribution in [1.29, 1.82) is 0 Å². The van der Waals surface area contributed by atoms with Crippen molar-refractivity contribution in [2.24, 2.45) is 7.05 Å². The van der Waals surface area contributed by atoms with E-state index in [1.807, 2.05) is 6.07 Å². The Bertz CT molecular complexity index is 482. The maximum Gasteiger partial charge on any atom is 0.188 e. The molecule has 1 heterocycles. The summed E-state index contributed by atoms with van der Waals surface area (Å²) in [6.45, 7) is 1.32. The molecule has 0 saturated carbocycles. The predicted octanol–water partition coefficient (Wildman–Crippen LogP) is 0.681. The fourth-order valence-corrected chi connectivity index (χ4v) is 1.52. The third-order valence-electron chi connectivity index (χ3n) is 2.31. The first-order valence-corrected chi connectivity index (χ1v) is 5.42. The van der Waals surface area contributed by atoms with Gasteiger partial charge in [0.05, 0.1) is 13.6 Å². The Morgan fingerprint density at radius 3 is 3.00 bits per heavy atom. The second kappa shape index (κ2) is 5.49. The molecule has 0 radical (unpaired) electrons. The maximum absolute atomic E-state index is 12.9. The minimum Gasteiger partial charge on any atom is -0.309 e. The minimum atomic E-state index is -0.196. The van der Waals surface area contributed by atoms with Crippen LogP contribution in [0.2, 0.25) is 0 Å². The Balaban J connectivity index is 1.73. The van der Waals surface area contributed by atoms with E-state index in [0.29, 0.717) is 12.4 Å². The number of nitrogens with one attached hydrogen (secondary N) is 1. The molecule has 90 valence electrons. The first-order valence-electron chi connectivity index (χ1n) is 5.42. The number of aryl methyl sites for hydroxylation is 1. The van der Waals surface area contributed by atoms with Gasteiger partial charge in [-0.15, -0.1) is 10.2 Å². The fraction of sp³-hybridized carbons (Fsp3) is 0.364. The molecule has 2 aromatic rings. The lowest BCUT2D eigenvalue weighted by molar-refractivity contribution is 0.615. The zero-order valence-electron chi connectivity index (χ0n) is 9.60. The molecule has 0 spiro atoms. The van der Waals surface area contributed by atoms with E-state index in [1.54, 1.807) is 19.2 Å². The summed E-state index contributed by atoms with van der Waals surface area (Å²) in [5.74, 6) is 0.463. The van der Waals surface area contributed by atoms with Crippen LogP contribution in [-0.2, 0) is 20.0 Å². The van der Waals surface area contributed by atoms with Crippen molar-refractivity contribution in [1.82, 2.24) is 25.5 Å². The summed E-state index contributed by atoms with van der Waals surface area (Å²) in [4.78, 5) is 1.42. The lowest BCUT2D eigenvalue weighted by Gasteiger charge is -2.02. The fourth-order valence-electron chi connectivity index (χ4n) is 1.52. The van der Waals surface area contributed by atoms with E-state index in [2.05, 4.69) is 20.7 Å². The number of hydrogen-bond acceptors (Lipinski definition) is 4. The molecule has 1 aromatic carbocycles. The highest BCUT2D eigenvalue weighted by atomic mass is 19.1. The number of nitrogens with zero attached hydrogens (tertiary/aromatic N) is 4. The van der Waals surface area contributed by atoms with Crippen molar-refractivity contribution in [2.75, 3.05) is 6.54 Å². The molecule has 0 unspecified atom stereocenters. The van der Waals surface area contributed by atoms with Crippen molar-refractivity contribution in [3.8, 4) is 0 Å². The quantitative estimate of drug-likeness (QED) is 0.774. The van der Waals surface area contributed by atoms with Crippen LogP contribution in [0.4, 0.5) is 4.39 Å². The SMILES string of the molecule is Cn1nnc(CNCCc2cccc(F)c2)n1. The van der Waals surface area contributed by atoms with Gasteiger partial charge in [0.2, 0.25) is 0 Å². The van der Waals surface area contributed by atoms with Crippen LogP contribution in [-0.4, -0.2) is 26.8 Å². The maximum atomic E-state index is 12.9. The average molecular weight is 235 g/mol. The standard InChI is InChI=1S/C11H14FN5/c1-17-15-11(14-16-17)8-13-6-5-9-3-2-4-10(12)7-9/h2-4,7,13H,5-6,8H2,1H3. The molecule has 0 fully saturated rings. The lowest BCUT2D eigenvalue weighted by Crippen LogP contribution is -2.17. The number of tetrazole rings is 1. The number of aromatic nitrogens is 4. The molecule has 0 amide bonds. The number of rotatable bonds is 5. The van der Waals surface area contributed by atoms with Gasteiger partial charge in [-0.3, -0.25) is 0 Å². The van der Waals surface area contributed by atoms with Gasteiger partial charge in [0.25, 0.3) is 0 Å². The van der Waals surface area contributed by atoms with E-state index in [1.165, 1.54) is 10.9 Å². The molecule has 0 aliphatic heterocycles. The van der Waals surface area contributed by atoms with E-state index in [0.717, 1.165) is 18.5 Å². The van der Waals surface area contributed by atoms with Crippen LogP contribution in [0.1, 0.15) is 11.4 Å². The molecule has 0 aliphatic carbocycles. The Hall–Kier alpha value is -1.82. The Labute approximate surface area is 98.6 Å². The second-order valence-corrected chi connectivity index (χ2v) is 3.75. The van der Waals surface area contributed by atoms with Crippen molar-refractivity contribution < 1.29 is 4.39 Å². The molecule has 6 heteroatoms. The smallest absolute Gasteiger partial charge is 0.188 e. The summed E-state index contributed by atoms with van der Waals surface area (Å²) in [6.07, 6.45) is 0.776. The summed E-state index contributed by atoms with van der Waals surface area (Å²) in [7, 11) is 1.73. The highest BCUT2D eigenvalue weighted by Crippen LogP contribution is 2.03. The van der Waals surface area contributed by atoms with Gasteiger partial charge in [0.15, 0.2) is 5.82 Å². The first-order chi connectivity index (χ1) is 8.24. The van der Waals surface area contributed by atoms with Gasteiger partial charge in [-0.1, -0.05) is 12.1 Å². The minimum absolute atomic E-state index is 0.196. The number of hydrogen-bond donors (Lipinski definition) is 1. The molecule has 5 nitrogen and oxygen atoms in total. The van der Waals surface area contributed by atoms with Gasteiger partial charge in [-0.05, 0) is 35.9 Å². The summed E-state index contributed by atoms with van der Waals surface area (Å²) in [5.41, 5.74) is 0.976. The van der Waals surface area contributed by atoms with Crippen LogP contribution in [0, 0.1) is 5.82 Å². The highest BCUT2D eigenvalue weighted by Gasteiger charge is 1.99. The Morgan fingerprint density at radius 1 is 1.41 bits per heavy atom. The third-order valence-corrected chi connectivity index (χ3v) is 2.31. The monoisotopic (exact) mass is 235 g/mol. The van der Waals surface area contributed by atoms with Crippen molar-refractivity contribution in [3.63, 3.8) is 0 Å². The molecule has 1 N–H and O–H groups in total. The summed E-state index contributed by atoms with van der Waals surface area (Å²) < 4.78 is 12.9. The number of halogens is 1. The summed E-state index contributed by atoms with van der Waals surface area (Å²) in [6, 6.07) is 6.61. The largest absolute Gasteiger partial charge is 0.309 e. The zero-order valence-corrected chi connectivity index (χ0v) is 9.60. The van der Waals surface area contributed by atoms with Gasteiger partial charge in [-0.2, -0.15) is 4.80 Å². The van der Waals surface area contributed by atoms with Gasteiger partial charge < -0.3 is 5.32 Å². The van der Waals surface area contributed by atoms with Crippen LogP contribution >= 0.6 is 0 Å². The Kier molecular flexibility index (Phi) is 3.77. The second-order valence-electron chi connectivity index (χ2n) is 3.75. The highest BCUT2D eigenvalue weighted by molar-refractivity contribution is 5.16. The molecule has 0 atom stereocenters. The zero-order chi connectivity index (χ0) is 12.1. The molecular weight excluding hydrogens is 221 g/mol. The molecule has 0 bridgehead atoms. The van der Waals surface area contributed by atoms with Crippen LogP contribution in [0.5, 0.6) is 0 Å². The normalized spacial score (nSPS) is 10.7. The predicted molar refractivity (Wildman–Crippen MR) is 60.6 cm³/mol. The molecular formula is C11H14FN5. The van der Waals surface area contributed by atoms with E-state index in [4.69, 9.17) is 0 Å². The van der Waals surface area contributed by atoms with Crippen LogP contribution < -0.4 is 5.32 Å². The van der Waals surface area contributed by atoms with E-state index < -0.39 is 0 Å². The summed E-state index contributed by atoms with van der Waals surface area (Å²) in [5, 5.41) is 14.8. The Morgan fingerprint density at radius 2 is 2.29 bits per heavy atom. The topological polar surface area (TPSA) is 55.6 Å². The van der Waals surface area contributed by atoms with Gasteiger partial charge in [-0.25, -0.2) is 4.39 Å². The molecule has 0 aliphatic rings. The van der Waals surface area contributed by atoms with Gasteiger partial charge in [0.1, 0.15) is 5.82 Å². The third kappa shape index (κ3) is 3.60. The van der Waals surface area contributed by atoms with Crippen molar-refractivity contribution in [3.05, 3.63) is 41.5 Å². The lowest BCUT2D eigenvalue weighted by atomic mass is 10.1. The van der Waals surface area contributed by atoms with Crippen LogP contribution in [0.25, 0.3) is 0 Å². The van der Waals surface area contributed by atoms with E-state index in [9.17, 15) is 4.39 Å². The van der Waals surface area contributed by atoms with Gasteiger partial charge >= 0.3 is 0 Å². The van der Waals surface area contributed by atoms with E-state index in [-0.39, 0.29) is 5.82 Å². The molecule has 2 rings (SSSR count). The summed E-state index contributed by atoms with van der Waals surface area (Å²) >= 11 is 0. The van der Waals surface area contributed by atoms with Crippen molar-refractivity contribution >= 4 is 0 Å².